The second kappa shape index (κ2) is 11.0. The van der Waals surface area contributed by atoms with E-state index < -0.39 is 5.41 Å². The van der Waals surface area contributed by atoms with Crippen molar-refractivity contribution in [3.05, 3.63) is 198 Å². The van der Waals surface area contributed by atoms with Crippen LogP contribution in [0.2, 0.25) is 0 Å². The quantitative estimate of drug-likeness (QED) is 0.193. The van der Waals surface area contributed by atoms with E-state index >= 15 is 0 Å². The maximum absolute atomic E-state index is 6.52. The highest BCUT2D eigenvalue weighted by molar-refractivity contribution is 5.96. The molecule has 7 aromatic carbocycles. The van der Waals surface area contributed by atoms with E-state index in [1.54, 1.807) is 0 Å². The standard InChI is InChI=1S/C43H32N2/c44-40-26-14-15-27-41(40)45-42-36(30-16-4-1-5-17-30)28-33(29-37(42)31-18-6-2-7-19-31)43(32-20-8-3-9-21-32)38-24-12-10-22-34(38)35-23-11-13-25-39(35)43/h1-29,45H,44H2. The first-order chi connectivity index (χ1) is 22.2. The second-order valence-electron chi connectivity index (χ2n) is 11.6. The van der Waals surface area contributed by atoms with Crippen molar-refractivity contribution in [1.29, 1.82) is 0 Å². The number of benzene rings is 7. The largest absolute Gasteiger partial charge is 0.397 e. The fourth-order valence-electron chi connectivity index (χ4n) is 7.14. The lowest BCUT2D eigenvalue weighted by molar-refractivity contribution is 0.769. The maximum atomic E-state index is 6.52. The molecule has 45 heavy (non-hydrogen) atoms. The number of rotatable bonds is 6. The molecule has 1 aliphatic rings. The summed E-state index contributed by atoms with van der Waals surface area (Å²) in [5, 5.41) is 3.79. The summed E-state index contributed by atoms with van der Waals surface area (Å²) >= 11 is 0. The van der Waals surface area contributed by atoms with Crippen molar-refractivity contribution in [1.82, 2.24) is 0 Å². The normalized spacial score (nSPS) is 12.7. The maximum Gasteiger partial charge on any atom is 0.0714 e. The van der Waals surface area contributed by atoms with Crippen molar-refractivity contribution in [3.63, 3.8) is 0 Å². The Kier molecular flexibility index (Phi) is 6.54. The molecule has 0 atom stereocenters. The summed E-state index contributed by atoms with van der Waals surface area (Å²) < 4.78 is 0. The van der Waals surface area contributed by atoms with E-state index in [9.17, 15) is 0 Å². The molecule has 2 nitrogen and oxygen atoms in total. The number of fused-ring (bicyclic) bond motifs is 3. The van der Waals surface area contributed by atoms with Crippen molar-refractivity contribution in [2.75, 3.05) is 11.1 Å². The van der Waals surface area contributed by atoms with Gasteiger partial charge in [0.15, 0.2) is 0 Å². The summed E-state index contributed by atoms with van der Waals surface area (Å²) in [5.74, 6) is 0. The van der Waals surface area contributed by atoms with Crippen LogP contribution in [0, 0.1) is 0 Å². The minimum atomic E-state index is -0.522. The molecule has 0 spiro atoms. The first-order valence-electron chi connectivity index (χ1n) is 15.4. The van der Waals surface area contributed by atoms with Crippen LogP contribution in [0.5, 0.6) is 0 Å². The molecule has 0 unspecified atom stereocenters. The van der Waals surface area contributed by atoms with Gasteiger partial charge in [-0.1, -0.05) is 152 Å². The number of hydrogen-bond acceptors (Lipinski definition) is 2. The average Bonchev–Trinajstić information content (AvgIpc) is 3.41. The Morgan fingerprint density at radius 3 is 1.38 bits per heavy atom. The van der Waals surface area contributed by atoms with Gasteiger partial charge in [-0.15, -0.1) is 0 Å². The van der Waals surface area contributed by atoms with Crippen molar-refractivity contribution in [2.45, 2.75) is 5.41 Å². The third kappa shape index (κ3) is 4.34. The summed E-state index contributed by atoms with van der Waals surface area (Å²) in [6.45, 7) is 0. The van der Waals surface area contributed by atoms with Crippen LogP contribution >= 0.6 is 0 Å². The van der Waals surface area contributed by atoms with E-state index in [4.69, 9.17) is 5.73 Å². The molecule has 0 heterocycles. The van der Waals surface area contributed by atoms with Gasteiger partial charge in [0.1, 0.15) is 0 Å². The van der Waals surface area contributed by atoms with Gasteiger partial charge in [0.25, 0.3) is 0 Å². The Bertz CT molecular complexity index is 2030. The van der Waals surface area contributed by atoms with Crippen LogP contribution in [-0.4, -0.2) is 0 Å². The number of para-hydroxylation sites is 2. The minimum Gasteiger partial charge on any atom is -0.397 e. The highest BCUT2D eigenvalue weighted by Gasteiger charge is 2.46. The lowest BCUT2D eigenvalue weighted by atomic mass is 9.66. The zero-order valence-corrected chi connectivity index (χ0v) is 24.8. The third-order valence-electron chi connectivity index (χ3n) is 9.12. The van der Waals surface area contributed by atoms with Crippen molar-refractivity contribution in [3.8, 4) is 33.4 Å². The molecule has 2 heteroatoms. The average molecular weight is 577 g/mol. The molecule has 0 aliphatic heterocycles. The molecule has 0 bridgehead atoms. The van der Waals surface area contributed by atoms with E-state index in [2.05, 4.69) is 157 Å². The van der Waals surface area contributed by atoms with Gasteiger partial charge >= 0.3 is 0 Å². The Balaban J connectivity index is 1.52. The fraction of sp³-hybridized carbons (Fsp3) is 0.0233. The molecule has 0 saturated carbocycles. The monoisotopic (exact) mass is 576 g/mol. The third-order valence-corrected chi connectivity index (χ3v) is 9.12. The molecule has 1 aliphatic carbocycles. The van der Waals surface area contributed by atoms with E-state index in [0.29, 0.717) is 5.69 Å². The van der Waals surface area contributed by atoms with Gasteiger partial charge in [-0.2, -0.15) is 0 Å². The lowest BCUT2D eigenvalue weighted by Gasteiger charge is -2.35. The molecule has 0 aromatic heterocycles. The number of hydrogen-bond donors (Lipinski definition) is 2. The van der Waals surface area contributed by atoms with Gasteiger partial charge in [0, 0.05) is 11.1 Å². The van der Waals surface area contributed by atoms with Crippen LogP contribution in [0.1, 0.15) is 22.3 Å². The first kappa shape index (κ1) is 26.7. The highest BCUT2D eigenvalue weighted by atomic mass is 14.9. The zero-order chi connectivity index (χ0) is 30.2. The van der Waals surface area contributed by atoms with Crippen molar-refractivity contribution < 1.29 is 0 Å². The van der Waals surface area contributed by atoms with E-state index in [1.807, 2.05) is 24.3 Å². The zero-order valence-electron chi connectivity index (χ0n) is 24.8. The summed E-state index contributed by atoms with van der Waals surface area (Å²) in [6.07, 6.45) is 0. The van der Waals surface area contributed by atoms with Gasteiger partial charge in [0.2, 0.25) is 0 Å². The number of nitrogens with two attached hydrogens (primary N) is 1. The Labute approximate surface area is 264 Å². The van der Waals surface area contributed by atoms with Crippen LogP contribution in [0.4, 0.5) is 17.1 Å². The number of nitrogen functional groups attached to an aromatic ring is 1. The first-order valence-corrected chi connectivity index (χ1v) is 15.4. The minimum absolute atomic E-state index is 0.522. The molecule has 214 valence electrons. The van der Waals surface area contributed by atoms with Crippen molar-refractivity contribution in [2.24, 2.45) is 0 Å². The predicted molar refractivity (Wildman–Crippen MR) is 189 cm³/mol. The van der Waals surface area contributed by atoms with Crippen LogP contribution < -0.4 is 11.1 Å². The van der Waals surface area contributed by atoms with Crippen LogP contribution in [0.15, 0.2) is 176 Å². The molecule has 0 amide bonds. The summed E-state index contributed by atoms with van der Waals surface area (Å²) in [4.78, 5) is 0. The predicted octanol–water partition coefficient (Wildman–Crippen LogP) is 10.7. The smallest absolute Gasteiger partial charge is 0.0714 e. The number of nitrogens with one attached hydrogen (secondary N) is 1. The summed E-state index contributed by atoms with van der Waals surface area (Å²) in [6, 6.07) is 62.9. The van der Waals surface area contributed by atoms with Crippen molar-refractivity contribution >= 4 is 17.1 Å². The second-order valence-corrected chi connectivity index (χ2v) is 11.6. The molecular weight excluding hydrogens is 544 g/mol. The van der Waals surface area contributed by atoms with Crippen LogP contribution in [0.3, 0.4) is 0 Å². The fourth-order valence-corrected chi connectivity index (χ4v) is 7.14. The molecule has 8 rings (SSSR count). The van der Waals surface area contributed by atoms with Gasteiger partial charge < -0.3 is 11.1 Å². The Morgan fingerprint density at radius 2 is 0.844 bits per heavy atom. The topological polar surface area (TPSA) is 38.0 Å². The SMILES string of the molecule is Nc1ccccc1Nc1c(-c2ccccc2)cc(C2(c3ccccc3)c3ccccc3-c3ccccc32)cc1-c1ccccc1. The van der Waals surface area contributed by atoms with Crippen LogP contribution in [-0.2, 0) is 5.41 Å². The summed E-state index contributed by atoms with van der Waals surface area (Å²) in [7, 11) is 0. The number of anilines is 3. The summed E-state index contributed by atoms with van der Waals surface area (Å²) in [5.41, 5.74) is 20.7. The van der Waals surface area contributed by atoms with Gasteiger partial charge in [0.05, 0.1) is 22.5 Å². The molecule has 7 aromatic rings. The van der Waals surface area contributed by atoms with E-state index in [0.717, 1.165) is 33.6 Å². The van der Waals surface area contributed by atoms with Crippen LogP contribution in [0.25, 0.3) is 33.4 Å². The Hall–Kier alpha value is -5.86. The van der Waals surface area contributed by atoms with Gasteiger partial charge in [-0.3, -0.25) is 0 Å². The Morgan fingerprint density at radius 1 is 0.400 bits per heavy atom. The molecule has 3 N–H and O–H groups in total. The molecule has 0 radical (unpaired) electrons. The van der Waals surface area contributed by atoms with E-state index in [-0.39, 0.29) is 0 Å². The molecule has 0 fully saturated rings. The van der Waals surface area contributed by atoms with Gasteiger partial charge in [-0.05, 0) is 68.8 Å². The molecular formula is C43H32N2. The lowest BCUT2D eigenvalue weighted by Crippen LogP contribution is -2.28. The van der Waals surface area contributed by atoms with Gasteiger partial charge in [-0.25, -0.2) is 0 Å². The molecule has 0 saturated heterocycles. The van der Waals surface area contributed by atoms with E-state index in [1.165, 1.54) is 33.4 Å². The highest BCUT2D eigenvalue weighted by Crippen LogP contribution is 2.57.